The van der Waals surface area contributed by atoms with Crippen molar-refractivity contribution in [1.82, 2.24) is 4.90 Å². The zero-order valence-corrected chi connectivity index (χ0v) is 13.4. The van der Waals surface area contributed by atoms with Crippen molar-refractivity contribution < 1.29 is 9.72 Å². The largest absolute Gasteiger partial charge is 0.393 e. The quantitative estimate of drug-likeness (QED) is 0.513. The standard InChI is InChI=1S/C15H14BrN3O3/c1-18(9-11-4-2-3-5-12(11)16)15(20)10-6-7-13(17)14(8-10)19(21)22/h2-8H,9,17H2,1H3. The second-order valence-electron chi connectivity index (χ2n) is 4.78. The number of nitrogens with zero attached hydrogens (tertiary/aromatic N) is 2. The molecule has 0 aliphatic heterocycles. The first-order valence-corrected chi connectivity index (χ1v) is 7.22. The monoisotopic (exact) mass is 363 g/mol. The van der Waals surface area contributed by atoms with Gasteiger partial charge in [-0.2, -0.15) is 0 Å². The van der Waals surface area contributed by atoms with Gasteiger partial charge >= 0.3 is 0 Å². The van der Waals surface area contributed by atoms with E-state index in [1.165, 1.54) is 23.1 Å². The fourth-order valence-corrected chi connectivity index (χ4v) is 2.42. The summed E-state index contributed by atoms with van der Waals surface area (Å²) in [4.78, 5) is 24.2. The second-order valence-corrected chi connectivity index (χ2v) is 5.64. The molecule has 0 aliphatic carbocycles. The molecule has 2 aromatic carbocycles. The van der Waals surface area contributed by atoms with Crippen LogP contribution in [0.3, 0.4) is 0 Å². The lowest BCUT2D eigenvalue weighted by Crippen LogP contribution is -2.26. The van der Waals surface area contributed by atoms with E-state index in [-0.39, 0.29) is 22.8 Å². The van der Waals surface area contributed by atoms with Crippen molar-refractivity contribution in [3.8, 4) is 0 Å². The van der Waals surface area contributed by atoms with E-state index in [0.717, 1.165) is 10.0 Å². The lowest BCUT2D eigenvalue weighted by Gasteiger charge is -2.18. The third-order valence-electron chi connectivity index (χ3n) is 3.19. The van der Waals surface area contributed by atoms with Gasteiger partial charge in [-0.05, 0) is 23.8 Å². The Bertz CT molecular complexity index is 734. The van der Waals surface area contributed by atoms with Crippen LogP contribution in [0.4, 0.5) is 11.4 Å². The van der Waals surface area contributed by atoms with Crippen LogP contribution in [0.2, 0.25) is 0 Å². The number of carbonyl (C=O) groups is 1. The minimum Gasteiger partial charge on any atom is -0.393 e. The van der Waals surface area contributed by atoms with Crippen molar-refractivity contribution >= 4 is 33.2 Å². The van der Waals surface area contributed by atoms with Crippen molar-refractivity contribution in [2.24, 2.45) is 0 Å². The molecule has 22 heavy (non-hydrogen) atoms. The van der Waals surface area contributed by atoms with E-state index in [4.69, 9.17) is 5.73 Å². The smallest absolute Gasteiger partial charge is 0.292 e. The maximum absolute atomic E-state index is 12.4. The zero-order valence-electron chi connectivity index (χ0n) is 11.8. The fraction of sp³-hybridized carbons (Fsp3) is 0.133. The van der Waals surface area contributed by atoms with E-state index in [1.807, 2.05) is 24.3 Å². The molecule has 0 bridgehead atoms. The number of halogens is 1. The minimum absolute atomic E-state index is 0.0370. The fourth-order valence-electron chi connectivity index (χ4n) is 2.01. The van der Waals surface area contributed by atoms with Gasteiger partial charge in [0.25, 0.3) is 11.6 Å². The van der Waals surface area contributed by atoms with Crippen LogP contribution in [0.5, 0.6) is 0 Å². The Morgan fingerprint density at radius 2 is 2.00 bits per heavy atom. The van der Waals surface area contributed by atoms with E-state index in [0.29, 0.717) is 6.54 Å². The highest BCUT2D eigenvalue weighted by Gasteiger charge is 2.18. The Balaban J connectivity index is 2.23. The molecule has 0 spiro atoms. The van der Waals surface area contributed by atoms with Gasteiger partial charge in [-0.3, -0.25) is 14.9 Å². The molecular weight excluding hydrogens is 350 g/mol. The number of nitrogens with two attached hydrogens (primary N) is 1. The van der Waals surface area contributed by atoms with E-state index >= 15 is 0 Å². The van der Waals surface area contributed by atoms with Crippen LogP contribution >= 0.6 is 15.9 Å². The predicted octanol–water partition coefficient (Wildman–Crippen LogP) is 3.21. The summed E-state index contributed by atoms with van der Waals surface area (Å²) in [6, 6.07) is 11.6. The van der Waals surface area contributed by atoms with Gasteiger partial charge < -0.3 is 10.6 Å². The average Bonchev–Trinajstić information content (AvgIpc) is 2.49. The molecule has 1 amide bonds. The number of nitro benzene ring substituents is 1. The first-order valence-electron chi connectivity index (χ1n) is 6.43. The summed E-state index contributed by atoms with van der Waals surface area (Å²) in [6.07, 6.45) is 0. The molecule has 0 fully saturated rings. The van der Waals surface area contributed by atoms with Crippen LogP contribution in [-0.2, 0) is 6.54 Å². The molecule has 0 unspecified atom stereocenters. The Hall–Kier alpha value is -2.41. The van der Waals surface area contributed by atoms with E-state index < -0.39 is 4.92 Å². The maximum atomic E-state index is 12.4. The van der Waals surface area contributed by atoms with Gasteiger partial charge in [0.05, 0.1) is 4.92 Å². The Morgan fingerprint density at radius 1 is 1.32 bits per heavy atom. The number of amides is 1. The number of benzene rings is 2. The van der Waals surface area contributed by atoms with Gasteiger partial charge in [-0.1, -0.05) is 34.1 Å². The molecule has 0 atom stereocenters. The number of nitro groups is 1. The molecule has 0 saturated heterocycles. The minimum atomic E-state index is -0.597. The highest BCUT2D eigenvalue weighted by molar-refractivity contribution is 9.10. The number of carbonyl (C=O) groups excluding carboxylic acids is 1. The van der Waals surface area contributed by atoms with Crippen molar-refractivity contribution in [3.63, 3.8) is 0 Å². The topological polar surface area (TPSA) is 89.5 Å². The summed E-state index contributed by atoms with van der Waals surface area (Å²) in [6.45, 7) is 0.387. The van der Waals surface area contributed by atoms with Crippen LogP contribution in [0.25, 0.3) is 0 Å². The predicted molar refractivity (Wildman–Crippen MR) is 87.4 cm³/mol. The summed E-state index contributed by atoms with van der Waals surface area (Å²) in [5, 5.41) is 10.9. The van der Waals surface area contributed by atoms with Gasteiger partial charge in [0, 0.05) is 29.7 Å². The lowest BCUT2D eigenvalue weighted by molar-refractivity contribution is -0.383. The number of hydrogen-bond donors (Lipinski definition) is 1. The molecule has 0 radical (unpaired) electrons. The van der Waals surface area contributed by atoms with Crippen molar-refractivity contribution in [2.45, 2.75) is 6.54 Å². The third kappa shape index (κ3) is 3.43. The highest BCUT2D eigenvalue weighted by Crippen LogP contribution is 2.24. The summed E-state index contributed by atoms with van der Waals surface area (Å²) in [5.74, 6) is -0.307. The summed E-state index contributed by atoms with van der Waals surface area (Å²) >= 11 is 3.43. The zero-order chi connectivity index (χ0) is 16.3. The van der Waals surface area contributed by atoms with Gasteiger partial charge in [0.15, 0.2) is 0 Å². The SMILES string of the molecule is CN(Cc1ccccc1Br)C(=O)c1ccc(N)c([N+](=O)[O-])c1. The molecule has 2 aromatic rings. The Kier molecular flexibility index (Phi) is 4.77. The molecule has 0 aliphatic rings. The second kappa shape index (κ2) is 6.57. The van der Waals surface area contributed by atoms with Crippen LogP contribution < -0.4 is 5.73 Å². The third-order valence-corrected chi connectivity index (χ3v) is 3.96. The summed E-state index contributed by atoms with van der Waals surface area (Å²) < 4.78 is 0.901. The molecule has 0 aromatic heterocycles. The molecule has 2 rings (SSSR count). The van der Waals surface area contributed by atoms with Crippen molar-refractivity contribution in [3.05, 3.63) is 68.2 Å². The molecule has 114 valence electrons. The summed E-state index contributed by atoms with van der Waals surface area (Å²) in [5.41, 5.74) is 6.49. The first kappa shape index (κ1) is 16.0. The summed E-state index contributed by atoms with van der Waals surface area (Å²) in [7, 11) is 1.64. The number of anilines is 1. The normalized spacial score (nSPS) is 10.3. The average molecular weight is 364 g/mol. The molecule has 0 heterocycles. The van der Waals surface area contributed by atoms with E-state index in [2.05, 4.69) is 15.9 Å². The lowest BCUT2D eigenvalue weighted by atomic mass is 10.1. The van der Waals surface area contributed by atoms with E-state index in [9.17, 15) is 14.9 Å². The molecule has 0 saturated carbocycles. The van der Waals surface area contributed by atoms with Gasteiger partial charge in [0.1, 0.15) is 5.69 Å². The maximum Gasteiger partial charge on any atom is 0.292 e. The van der Waals surface area contributed by atoms with E-state index in [1.54, 1.807) is 7.05 Å². The molecule has 6 nitrogen and oxygen atoms in total. The van der Waals surface area contributed by atoms with Crippen molar-refractivity contribution in [2.75, 3.05) is 12.8 Å². The molecular formula is C15H14BrN3O3. The Morgan fingerprint density at radius 3 is 2.64 bits per heavy atom. The van der Waals surface area contributed by atoms with Gasteiger partial charge in [-0.25, -0.2) is 0 Å². The number of hydrogen-bond acceptors (Lipinski definition) is 4. The van der Waals surface area contributed by atoms with Crippen LogP contribution in [0.1, 0.15) is 15.9 Å². The Labute approximate surface area is 135 Å². The van der Waals surface area contributed by atoms with Crippen LogP contribution in [-0.4, -0.2) is 22.8 Å². The van der Waals surface area contributed by atoms with Gasteiger partial charge in [0.2, 0.25) is 0 Å². The van der Waals surface area contributed by atoms with Crippen LogP contribution in [0, 0.1) is 10.1 Å². The number of nitrogen functional groups attached to an aromatic ring is 1. The van der Waals surface area contributed by atoms with Crippen molar-refractivity contribution in [1.29, 1.82) is 0 Å². The molecule has 7 heteroatoms. The highest BCUT2D eigenvalue weighted by atomic mass is 79.9. The first-order chi connectivity index (χ1) is 10.4. The van der Waals surface area contributed by atoms with Crippen LogP contribution in [0.15, 0.2) is 46.9 Å². The van der Waals surface area contributed by atoms with Gasteiger partial charge in [-0.15, -0.1) is 0 Å². The molecule has 2 N–H and O–H groups in total. The number of rotatable bonds is 4.